The van der Waals surface area contributed by atoms with Gasteiger partial charge in [0.25, 0.3) is 0 Å². The third-order valence-electron chi connectivity index (χ3n) is 3.06. The largest absolute Gasteiger partial charge is 0.369 e. The molecule has 0 fully saturated rings. The third-order valence-corrected chi connectivity index (χ3v) is 3.06. The minimum atomic E-state index is 0. The normalized spacial score (nSPS) is 10.3. The van der Waals surface area contributed by atoms with Gasteiger partial charge in [0.1, 0.15) is 6.10 Å². The zero-order valence-electron chi connectivity index (χ0n) is 11.8. The van der Waals surface area contributed by atoms with Crippen LogP contribution in [0.25, 0.3) is 0 Å². The fraction of sp³-hybridized carbons (Fsp3) is 0.294. The van der Waals surface area contributed by atoms with Gasteiger partial charge in [-0.05, 0) is 31.1 Å². The summed E-state index contributed by atoms with van der Waals surface area (Å²) < 4.78 is 6.08. The molecule has 0 aliphatic heterocycles. The quantitative estimate of drug-likeness (QED) is 0.783. The summed E-state index contributed by atoms with van der Waals surface area (Å²) in [4.78, 5) is 0. The Kier molecular flexibility index (Phi) is 7.97. The number of halogens is 1. The number of hydrogen-bond acceptors (Lipinski definition) is 2. The molecule has 0 aromatic heterocycles. The van der Waals surface area contributed by atoms with Crippen LogP contribution in [0.3, 0.4) is 0 Å². The van der Waals surface area contributed by atoms with Gasteiger partial charge in [-0.2, -0.15) is 0 Å². The highest BCUT2D eigenvalue weighted by Gasteiger charge is 2.13. The van der Waals surface area contributed by atoms with Crippen molar-refractivity contribution in [2.24, 2.45) is 0 Å². The van der Waals surface area contributed by atoms with Crippen molar-refractivity contribution >= 4 is 12.4 Å². The van der Waals surface area contributed by atoms with Crippen LogP contribution in [0.5, 0.6) is 0 Å². The van der Waals surface area contributed by atoms with Gasteiger partial charge in [-0.25, -0.2) is 0 Å². The van der Waals surface area contributed by atoms with E-state index in [2.05, 4.69) is 53.8 Å². The Bertz CT molecular complexity index is 421. The molecular formula is C17H22ClNO. The smallest absolute Gasteiger partial charge is 0.108 e. The van der Waals surface area contributed by atoms with Gasteiger partial charge in [-0.1, -0.05) is 60.7 Å². The Morgan fingerprint density at radius 1 is 0.900 bits per heavy atom. The number of nitrogens with one attached hydrogen (secondary N) is 1. The van der Waals surface area contributed by atoms with E-state index in [1.807, 2.05) is 19.2 Å². The molecule has 108 valence electrons. The zero-order chi connectivity index (χ0) is 13.3. The molecule has 2 aromatic carbocycles. The monoisotopic (exact) mass is 291 g/mol. The van der Waals surface area contributed by atoms with Gasteiger partial charge in [0.2, 0.25) is 0 Å². The first-order chi connectivity index (χ1) is 9.42. The molecule has 2 aromatic rings. The maximum Gasteiger partial charge on any atom is 0.108 e. The van der Waals surface area contributed by atoms with E-state index in [1.54, 1.807) is 0 Å². The summed E-state index contributed by atoms with van der Waals surface area (Å²) in [7, 11) is 1.96. The molecule has 0 spiro atoms. The maximum atomic E-state index is 6.08. The van der Waals surface area contributed by atoms with Crippen LogP contribution in [0.15, 0.2) is 60.7 Å². The highest BCUT2D eigenvalue weighted by atomic mass is 35.5. The molecule has 0 bridgehead atoms. The number of rotatable bonds is 7. The van der Waals surface area contributed by atoms with Crippen LogP contribution >= 0.6 is 12.4 Å². The molecule has 0 heterocycles. The van der Waals surface area contributed by atoms with Crippen LogP contribution < -0.4 is 5.32 Å². The van der Waals surface area contributed by atoms with E-state index in [9.17, 15) is 0 Å². The Labute approximate surface area is 127 Å². The third kappa shape index (κ3) is 4.97. The van der Waals surface area contributed by atoms with Crippen molar-refractivity contribution in [3.8, 4) is 0 Å². The Morgan fingerprint density at radius 2 is 1.40 bits per heavy atom. The van der Waals surface area contributed by atoms with Crippen LogP contribution in [0.1, 0.15) is 23.7 Å². The first-order valence-electron chi connectivity index (χ1n) is 6.78. The molecule has 2 rings (SSSR count). The van der Waals surface area contributed by atoms with Gasteiger partial charge in [-0.15, -0.1) is 12.4 Å². The summed E-state index contributed by atoms with van der Waals surface area (Å²) in [5, 5.41) is 3.14. The van der Waals surface area contributed by atoms with E-state index in [0.29, 0.717) is 0 Å². The second kappa shape index (κ2) is 9.54. The molecule has 1 N–H and O–H groups in total. The first kappa shape index (κ1) is 16.7. The van der Waals surface area contributed by atoms with Crippen molar-refractivity contribution in [3.63, 3.8) is 0 Å². The SMILES string of the molecule is CNCCCOC(c1ccccc1)c1ccccc1.Cl. The molecule has 0 amide bonds. The molecule has 0 atom stereocenters. The lowest BCUT2D eigenvalue weighted by molar-refractivity contribution is 0.0785. The van der Waals surface area contributed by atoms with Gasteiger partial charge < -0.3 is 10.1 Å². The van der Waals surface area contributed by atoms with Crippen molar-refractivity contribution in [1.29, 1.82) is 0 Å². The van der Waals surface area contributed by atoms with Crippen molar-refractivity contribution in [1.82, 2.24) is 5.32 Å². The Balaban J connectivity index is 0.00000200. The van der Waals surface area contributed by atoms with Crippen LogP contribution in [0, 0.1) is 0 Å². The van der Waals surface area contributed by atoms with Crippen molar-refractivity contribution in [2.45, 2.75) is 12.5 Å². The van der Waals surface area contributed by atoms with E-state index in [4.69, 9.17) is 4.74 Å². The summed E-state index contributed by atoms with van der Waals surface area (Å²) in [6.07, 6.45) is 1.05. The molecule has 0 radical (unpaired) electrons. The standard InChI is InChI=1S/C17H21NO.ClH/c1-18-13-8-14-19-17(15-9-4-2-5-10-15)16-11-6-3-7-12-16;/h2-7,9-12,17-18H,8,13-14H2,1H3;1H. The van der Waals surface area contributed by atoms with Gasteiger partial charge in [0.05, 0.1) is 0 Å². The topological polar surface area (TPSA) is 21.3 Å². The average Bonchev–Trinajstić information content (AvgIpc) is 2.49. The van der Waals surface area contributed by atoms with E-state index in [-0.39, 0.29) is 18.5 Å². The fourth-order valence-electron chi connectivity index (χ4n) is 2.09. The van der Waals surface area contributed by atoms with E-state index < -0.39 is 0 Å². The van der Waals surface area contributed by atoms with Gasteiger partial charge >= 0.3 is 0 Å². The second-order valence-corrected chi connectivity index (χ2v) is 4.53. The highest BCUT2D eigenvalue weighted by molar-refractivity contribution is 5.85. The molecule has 0 aliphatic rings. The fourth-order valence-corrected chi connectivity index (χ4v) is 2.09. The molecule has 0 saturated heterocycles. The van der Waals surface area contributed by atoms with Crippen LogP contribution in [-0.2, 0) is 4.74 Å². The average molecular weight is 292 g/mol. The predicted octanol–water partition coefficient (Wildman–Crippen LogP) is 3.82. The van der Waals surface area contributed by atoms with Crippen LogP contribution in [-0.4, -0.2) is 20.2 Å². The summed E-state index contributed by atoms with van der Waals surface area (Å²) in [5.74, 6) is 0. The van der Waals surface area contributed by atoms with Crippen molar-refractivity contribution in [3.05, 3.63) is 71.8 Å². The summed E-state index contributed by atoms with van der Waals surface area (Å²) >= 11 is 0. The second-order valence-electron chi connectivity index (χ2n) is 4.53. The van der Waals surface area contributed by atoms with Crippen LogP contribution in [0.4, 0.5) is 0 Å². The molecule has 2 nitrogen and oxygen atoms in total. The Hall–Kier alpha value is -1.35. The lowest BCUT2D eigenvalue weighted by atomic mass is 10.0. The van der Waals surface area contributed by atoms with Gasteiger partial charge in [0.15, 0.2) is 0 Å². The molecule has 20 heavy (non-hydrogen) atoms. The molecular weight excluding hydrogens is 270 g/mol. The van der Waals surface area contributed by atoms with E-state index in [1.165, 1.54) is 11.1 Å². The summed E-state index contributed by atoms with van der Waals surface area (Å²) in [5.41, 5.74) is 2.41. The lowest BCUT2D eigenvalue weighted by Crippen LogP contribution is -2.13. The minimum Gasteiger partial charge on any atom is -0.369 e. The molecule has 3 heteroatoms. The Morgan fingerprint density at radius 3 is 1.85 bits per heavy atom. The van der Waals surface area contributed by atoms with Gasteiger partial charge in [-0.3, -0.25) is 0 Å². The maximum absolute atomic E-state index is 6.08. The molecule has 0 unspecified atom stereocenters. The predicted molar refractivity (Wildman–Crippen MR) is 86.5 cm³/mol. The zero-order valence-corrected chi connectivity index (χ0v) is 12.6. The summed E-state index contributed by atoms with van der Waals surface area (Å²) in [6, 6.07) is 20.8. The number of ether oxygens (including phenoxy) is 1. The first-order valence-corrected chi connectivity index (χ1v) is 6.78. The molecule has 0 aliphatic carbocycles. The van der Waals surface area contributed by atoms with E-state index in [0.717, 1.165) is 19.6 Å². The number of benzene rings is 2. The number of hydrogen-bond donors (Lipinski definition) is 1. The van der Waals surface area contributed by atoms with Gasteiger partial charge in [0, 0.05) is 6.61 Å². The summed E-state index contributed by atoms with van der Waals surface area (Å²) in [6.45, 7) is 1.74. The van der Waals surface area contributed by atoms with E-state index >= 15 is 0 Å². The molecule has 0 saturated carbocycles. The van der Waals surface area contributed by atoms with Crippen molar-refractivity contribution in [2.75, 3.05) is 20.2 Å². The van der Waals surface area contributed by atoms with Crippen LogP contribution in [0.2, 0.25) is 0 Å². The van der Waals surface area contributed by atoms with Crippen molar-refractivity contribution < 1.29 is 4.74 Å². The highest BCUT2D eigenvalue weighted by Crippen LogP contribution is 2.25. The minimum absolute atomic E-state index is 0. The lowest BCUT2D eigenvalue weighted by Gasteiger charge is -2.19.